The molecule has 1 heterocycles. The van der Waals surface area contributed by atoms with Crippen LogP contribution in [0, 0.1) is 6.92 Å². The summed E-state index contributed by atoms with van der Waals surface area (Å²) in [7, 11) is 0. The van der Waals surface area contributed by atoms with Crippen LogP contribution in [0.15, 0.2) is 30.3 Å². The number of likely N-dealkylation sites (N-methyl/N-ethyl adjacent to an activating group) is 1. The molecule has 0 saturated heterocycles. The predicted molar refractivity (Wildman–Crippen MR) is 79.7 cm³/mol. The van der Waals surface area contributed by atoms with Gasteiger partial charge in [0.2, 0.25) is 0 Å². The van der Waals surface area contributed by atoms with E-state index in [-0.39, 0.29) is 11.6 Å². The molecule has 7 heteroatoms. The zero-order valence-corrected chi connectivity index (χ0v) is 12.7. The number of para-hydroxylation sites is 1. The van der Waals surface area contributed by atoms with Crippen molar-refractivity contribution < 1.29 is 14.3 Å². The van der Waals surface area contributed by atoms with Gasteiger partial charge in [-0.15, -0.1) is 5.10 Å². The van der Waals surface area contributed by atoms with E-state index in [0.717, 1.165) is 5.69 Å². The molecule has 1 amide bonds. The monoisotopic (exact) mass is 302 g/mol. The number of hydrogen-bond acceptors (Lipinski definition) is 5. The van der Waals surface area contributed by atoms with E-state index in [9.17, 15) is 9.59 Å². The van der Waals surface area contributed by atoms with E-state index in [4.69, 9.17) is 4.74 Å². The van der Waals surface area contributed by atoms with Gasteiger partial charge in [-0.2, -0.15) is 9.90 Å². The first kappa shape index (κ1) is 15.7. The average molecular weight is 302 g/mol. The molecular weight excluding hydrogens is 284 g/mol. The molecule has 0 radical (unpaired) electrons. The first-order valence-electron chi connectivity index (χ1n) is 7.01. The number of benzene rings is 1. The van der Waals surface area contributed by atoms with Crippen LogP contribution in [-0.2, 0) is 9.53 Å². The Balaban J connectivity index is 2.14. The van der Waals surface area contributed by atoms with Crippen molar-refractivity contribution in [1.29, 1.82) is 0 Å². The Morgan fingerprint density at radius 1 is 1.27 bits per heavy atom. The highest BCUT2D eigenvalue weighted by molar-refractivity contribution is 5.91. The quantitative estimate of drug-likeness (QED) is 0.840. The van der Waals surface area contributed by atoms with E-state index >= 15 is 0 Å². The zero-order valence-electron chi connectivity index (χ0n) is 12.7. The van der Waals surface area contributed by atoms with Gasteiger partial charge in [-0.3, -0.25) is 4.79 Å². The molecule has 1 aromatic heterocycles. The summed E-state index contributed by atoms with van der Waals surface area (Å²) in [6.07, 6.45) is -0.881. The van der Waals surface area contributed by atoms with Crippen molar-refractivity contribution in [2.45, 2.75) is 26.9 Å². The lowest BCUT2D eigenvalue weighted by Crippen LogP contribution is -2.35. The largest absolute Gasteiger partial charge is 0.448 e. The van der Waals surface area contributed by atoms with E-state index in [1.165, 1.54) is 11.7 Å². The lowest BCUT2D eigenvalue weighted by molar-refractivity contribution is -0.128. The maximum atomic E-state index is 12.1. The zero-order chi connectivity index (χ0) is 16.1. The molecule has 22 heavy (non-hydrogen) atoms. The van der Waals surface area contributed by atoms with Gasteiger partial charge in [-0.1, -0.05) is 18.2 Å². The highest BCUT2D eigenvalue weighted by Gasteiger charge is 2.23. The number of esters is 1. The SMILES string of the molecule is CCNC(=O)[C@H](C)OC(=O)c1nn(-c2ccccc2)nc1C. The summed E-state index contributed by atoms with van der Waals surface area (Å²) >= 11 is 0. The molecule has 116 valence electrons. The lowest BCUT2D eigenvalue weighted by Gasteiger charge is -2.11. The second kappa shape index (κ2) is 6.84. The van der Waals surface area contributed by atoms with Crippen molar-refractivity contribution in [3.63, 3.8) is 0 Å². The number of aromatic nitrogens is 3. The van der Waals surface area contributed by atoms with Crippen molar-refractivity contribution >= 4 is 11.9 Å². The van der Waals surface area contributed by atoms with Crippen LogP contribution in [0.2, 0.25) is 0 Å². The predicted octanol–water partition coefficient (Wildman–Crippen LogP) is 1.26. The summed E-state index contributed by atoms with van der Waals surface area (Å²) in [6, 6.07) is 9.23. The van der Waals surface area contributed by atoms with Crippen LogP contribution in [-0.4, -0.2) is 39.5 Å². The van der Waals surface area contributed by atoms with Gasteiger partial charge in [0, 0.05) is 6.54 Å². The molecule has 1 aromatic carbocycles. The van der Waals surface area contributed by atoms with Gasteiger partial charge in [-0.25, -0.2) is 4.79 Å². The second-order valence-corrected chi connectivity index (χ2v) is 4.70. The molecule has 0 fully saturated rings. The third-order valence-electron chi connectivity index (χ3n) is 2.97. The minimum Gasteiger partial charge on any atom is -0.448 e. The first-order valence-corrected chi connectivity index (χ1v) is 7.01. The van der Waals surface area contributed by atoms with E-state index in [1.807, 2.05) is 30.3 Å². The Morgan fingerprint density at radius 2 is 1.95 bits per heavy atom. The Bertz CT molecular complexity index is 667. The van der Waals surface area contributed by atoms with E-state index < -0.39 is 12.1 Å². The fraction of sp³-hybridized carbons (Fsp3) is 0.333. The molecule has 0 bridgehead atoms. The Hall–Kier alpha value is -2.70. The molecule has 0 saturated carbocycles. The first-order chi connectivity index (χ1) is 10.5. The van der Waals surface area contributed by atoms with Crippen LogP contribution in [0.4, 0.5) is 0 Å². The van der Waals surface area contributed by atoms with Crippen LogP contribution >= 0.6 is 0 Å². The van der Waals surface area contributed by atoms with Gasteiger partial charge < -0.3 is 10.1 Å². The minimum absolute atomic E-state index is 0.0972. The van der Waals surface area contributed by atoms with Crippen LogP contribution in [0.25, 0.3) is 5.69 Å². The molecule has 0 aliphatic carbocycles. The molecule has 2 aromatic rings. The van der Waals surface area contributed by atoms with Crippen molar-refractivity contribution in [2.24, 2.45) is 0 Å². The number of nitrogens with one attached hydrogen (secondary N) is 1. The maximum Gasteiger partial charge on any atom is 0.361 e. The summed E-state index contributed by atoms with van der Waals surface area (Å²) in [5.74, 6) is -1.01. The number of rotatable bonds is 5. The van der Waals surface area contributed by atoms with Crippen LogP contribution in [0.5, 0.6) is 0 Å². The number of amides is 1. The van der Waals surface area contributed by atoms with Gasteiger partial charge in [-0.05, 0) is 32.9 Å². The van der Waals surface area contributed by atoms with E-state index in [0.29, 0.717) is 12.2 Å². The molecule has 0 aliphatic rings. The standard InChI is InChI=1S/C15H18N4O3/c1-4-16-14(20)11(3)22-15(21)13-10(2)17-19(18-13)12-8-6-5-7-9-12/h5-9,11H,4H2,1-3H3,(H,16,20)/t11-/m0/s1. The Kier molecular flexibility index (Phi) is 4.88. The third kappa shape index (κ3) is 3.49. The van der Waals surface area contributed by atoms with Crippen LogP contribution in [0.3, 0.4) is 0 Å². The van der Waals surface area contributed by atoms with Crippen molar-refractivity contribution in [2.75, 3.05) is 6.54 Å². The number of hydrogen-bond donors (Lipinski definition) is 1. The molecule has 1 N–H and O–H groups in total. The number of carbonyl (C=O) groups excluding carboxylic acids is 2. The molecule has 7 nitrogen and oxygen atoms in total. The van der Waals surface area contributed by atoms with Crippen molar-refractivity contribution in [1.82, 2.24) is 20.3 Å². The van der Waals surface area contributed by atoms with E-state index in [2.05, 4.69) is 15.5 Å². The molecular formula is C15H18N4O3. The molecule has 0 aliphatic heterocycles. The highest BCUT2D eigenvalue weighted by Crippen LogP contribution is 2.10. The van der Waals surface area contributed by atoms with Gasteiger partial charge in [0.25, 0.3) is 5.91 Å². The summed E-state index contributed by atoms with van der Waals surface area (Å²) < 4.78 is 5.11. The molecule has 2 rings (SSSR count). The molecule has 0 spiro atoms. The maximum absolute atomic E-state index is 12.1. The summed E-state index contributed by atoms with van der Waals surface area (Å²) in [5, 5.41) is 10.9. The number of ether oxygens (including phenoxy) is 1. The molecule has 1 atom stereocenters. The number of nitrogens with zero attached hydrogens (tertiary/aromatic N) is 3. The van der Waals surface area contributed by atoms with Crippen LogP contribution in [0.1, 0.15) is 30.0 Å². The Labute approximate surface area is 128 Å². The molecule has 0 unspecified atom stereocenters. The normalized spacial score (nSPS) is 11.8. The summed E-state index contributed by atoms with van der Waals surface area (Å²) in [5.41, 5.74) is 1.28. The third-order valence-corrected chi connectivity index (χ3v) is 2.97. The summed E-state index contributed by atoms with van der Waals surface area (Å²) in [6.45, 7) is 5.45. The van der Waals surface area contributed by atoms with Gasteiger partial charge in [0.15, 0.2) is 11.8 Å². The van der Waals surface area contributed by atoms with Gasteiger partial charge in [0.1, 0.15) is 0 Å². The lowest BCUT2D eigenvalue weighted by atomic mass is 10.3. The fourth-order valence-electron chi connectivity index (χ4n) is 1.83. The fourth-order valence-corrected chi connectivity index (χ4v) is 1.83. The number of aryl methyl sites for hydroxylation is 1. The van der Waals surface area contributed by atoms with Crippen molar-refractivity contribution in [3.8, 4) is 5.69 Å². The second-order valence-electron chi connectivity index (χ2n) is 4.70. The van der Waals surface area contributed by atoms with Crippen molar-refractivity contribution in [3.05, 3.63) is 41.7 Å². The van der Waals surface area contributed by atoms with E-state index in [1.54, 1.807) is 13.8 Å². The summed E-state index contributed by atoms with van der Waals surface area (Å²) in [4.78, 5) is 25.1. The Morgan fingerprint density at radius 3 is 2.59 bits per heavy atom. The highest BCUT2D eigenvalue weighted by atomic mass is 16.5. The van der Waals surface area contributed by atoms with Crippen LogP contribution < -0.4 is 5.32 Å². The smallest absolute Gasteiger partial charge is 0.361 e. The van der Waals surface area contributed by atoms with Gasteiger partial charge >= 0.3 is 5.97 Å². The van der Waals surface area contributed by atoms with Gasteiger partial charge in [0.05, 0.1) is 11.4 Å². The topological polar surface area (TPSA) is 86.1 Å². The minimum atomic E-state index is -0.881. The number of carbonyl (C=O) groups is 2. The average Bonchev–Trinajstić information content (AvgIpc) is 2.90.